The molecule has 0 unspecified atom stereocenters. The van der Waals surface area contributed by atoms with Gasteiger partial charge in [-0.3, -0.25) is 9.59 Å². The first-order valence-electron chi connectivity index (χ1n) is 8.95. The fraction of sp³-hybridized carbons (Fsp3) is 0.381. The van der Waals surface area contributed by atoms with Gasteiger partial charge < -0.3 is 23.9 Å². The normalized spacial score (nSPS) is 11.5. The van der Waals surface area contributed by atoms with Crippen molar-refractivity contribution in [2.45, 2.75) is 33.3 Å². The summed E-state index contributed by atoms with van der Waals surface area (Å²) in [7, 11) is 4.30. The van der Waals surface area contributed by atoms with Gasteiger partial charge in [0.1, 0.15) is 0 Å². The van der Waals surface area contributed by atoms with E-state index in [1.165, 1.54) is 28.3 Å². The largest absolute Gasteiger partial charge is 0.493 e. The number of benzene rings is 1. The van der Waals surface area contributed by atoms with E-state index in [4.69, 9.17) is 18.9 Å². The number of methoxy groups -OCH3 is 3. The molecule has 0 radical (unpaired) electrons. The molecule has 1 heterocycles. The van der Waals surface area contributed by atoms with Crippen LogP contribution in [0.1, 0.15) is 44.6 Å². The van der Waals surface area contributed by atoms with Crippen LogP contribution in [0.5, 0.6) is 11.5 Å². The summed E-state index contributed by atoms with van der Waals surface area (Å²) >= 11 is 0. The lowest BCUT2D eigenvalue weighted by atomic mass is 10.1. The van der Waals surface area contributed by atoms with Gasteiger partial charge in [-0.15, -0.1) is 0 Å². The Morgan fingerprint density at radius 1 is 1.03 bits per heavy atom. The van der Waals surface area contributed by atoms with Crippen molar-refractivity contribution in [2.75, 3.05) is 21.3 Å². The van der Waals surface area contributed by atoms with Crippen LogP contribution in [-0.4, -0.2) is 50.1 Å². The minimum atomic E-state index is -1.02. The Labute approximate surface area is 169 Å². The molecule has 0 aliphatic carbocycles. The van der Waals surface area contributed by atoms with Crippen LogP contribution in [0, 0.1) is 13.8 Å². The lowest BCUT2D eigenvalue weighted by molar-refractivity contribution is -0.145. The fourth-order valence-electron chi connectivity index (χ4n) is 3.06. The number of hydrogen-bond acceptors (Lipinski definition) is 7. The van der Waals surface area contributed by atoms with Crippen molar-refractivity contribution in [2.24, 2.45) is 0 Å². The second-order valence-corrected chi connectivity index (χ2v) is 6.48. The Hall–Kier alpha value is -3.29. The smallest absolute Gasteiger partial charge is 0.339 e. The SMILES string of the molecule is COC(=O)c1c(C)[nH]c(C(=O)[C@H](C)OC(=O)Cc2ccc(OC)c(OC)c2)c1C. The van der Waals surface area contributed by atoms with Gasteiger partial charge >= 0.3 is 11.9 Å². The van der Waals surface area contributed by atoms with Crippen LogP contribution in [0.3, 0.4) is 0 Å². The van der Waals surface area contributed by atoms with Gasteiger partial charge in [-0.2, -0.15) is 0 Å². The molecule has 8 heteroatoms. The standard InChI is InChI=1S/C21H25NO7/c1-11-18(21(25)28-6)12(2)22-19(11)20(24)13(3)29-17(23)10-14-7-8-15(26-4)16(9-14)27-5/h7-9,13,22H,10H2,1-6H3/t13-/m0/s1. The van der Waals surface area contributed by atoms with Crippen LogP contribution in [0.15, 0.2) is 18.2 Å². The molecule has 0 fully saturated rings. The third-order valence-corrected chi connectivity index (χ3v) is 4.55. The number of carbonyl (C=O) groups is 3. The van der Waals surface area contributed by atoms with E-state index in [9.17, 15) is 14.4 Å². The van der Waals surface area contributed by atoms with Crippen molar-refractivity contribution in [1.29, 1.82) is 0 Å². The number of rotatable bonds is 8. The summed E-state index contributed by atoms with van der Waals surface area (Å²) < 4.78 is 20.4. The van der Waals surface area contributed by atoms with Crippen LogP contribution in [0.2, 0.25) is 0 Å². The fourth-order valence-corrected chi connectivity index (χ4v) is 3.06. The van der Waals surface area contributed by atoms with E-state index in [1.807, 2.05) is 0 Å². The number of esters is 2. The molecule has 0 amide bonds. The zero-order valence-electron chi connectivity index (χ0n) is 17.4. The van der Waals surface area contributed by atoms with E-state index in [1.54, 1.807) is 32.0 Å². The summed E-state index contributed by atoms with van der Waals surface area (Å²) in [6.45, 7) is 4.80. The molecule has 1 atom stereocenters. The predicted octanol–water partition coefficient (Wildman–Crippen LogP) is 2.79. The van der Waals surface area contributed by atoms with Crippen molar-refractivity contribution in [1.82, 2.24) is 4.98 Å². The molecule has 0 bridgehead atoms. The quantitative estimate of drug-likeness (QED) is 0.534. The molecule has 0 saturated heterocycles. The molecule has 0 spiro atoms. The number of aromatic amines is 1. The highest BCUT2D eigenvalue weighted by Gasteiger charge is 2.27. The summed E-state index contributed by atoms with van der Waals surface area (Å²) in [5.41, 5.74) is 2.16. The minimum Gasteiger partial charge on any atom is -0.493 e. The first-order chi connectivity index (χ1) is 13.7. The summed E-state index contributed by atoms with van der Waals surface area (Å²) in [5, 5.41) is 0. The van der Waals surface area contributed by atoms with E-state index in [2.05, 4.69) is 4.98 Å². The van der Waals surface area contributed by atoms with Crippen molar-refractivity contribution >= 4 is 17.7 Å². The highest BCUT2D eigenvalue weighted by Crippen LogP contribution is 2.28. The molecular formula is C21H25NO7. The molecule has 29 heavy (non-hydrogen) atoms. The number of ether oxygens (including phenoxy) is 4. The van der Waals surface area contributed by atoms with Gasteiger partial charge in [0.15, 0.2) is 17.6 Å². The van der Waals surface area contributed by atoms with Crippen LogP contribution >= 0.6 is 0 Å². The van der Waals surface area contributed by atoms with Crippen molar-refractivity contribution < 1.29 is 33.3 Å². The van der Waals surface area contributed by atoms with Gasteiger partial charge in [0.25, 0.3) is 0 Å². The van der Waals surface area contributed by atoms with Crippen molar-refractivity contribution in [3.05, 3.63) is 46.3 Å². The van der Waals surface area contributed by atoms with Crippen LogP contribution < -0.4 is 9.47 Å². The first-order valence-corrected chi connectivity index (χ1v) is 8.95. The number of H-pyrrole nitrogens is 1. The van der Waals surface area contributed by atoms with Crippen LogP contribution in [-0.2, 0) is 20.7 Å². The summed E-state index contributed by atoms with van der Waals surface area (Å²) in [5.74, 6) is -0.482. The second-order valence-electron chi connectivity index (χ2n) is 6.48. The summed E-state index contributed by atoms with van der Waals surface area (Å²) in [4.78, 5) is 39.8. The van der Waals surface area contributed by atoms with Crippen molar-refractivity contribution in [3.8, 4) is 11.5 Å². The Balaban J connectivity index is 2.10. The molecule has 156 valence electrons. The molecule has 1 aromatic heterocycles. The number of Topliss-reactive ketones (excluding diaryl/α,β-unsaturated/α-hetero) is 1. The van der Waals surface area contributed by atoms with E-state index in [-0.39, 0.29) is 12.1 Å². The van der Waals surface area contributed by atoms with Gasteiger partial charge in [-0.05, 0) is 44.0 Å². The van der Waals surface area contributed by atoms with Gasteiger partial charge in [0, 0.05) is 5.69 Å². The number of ketones is 1. The minimum absolute atomic E-state index is 0.0336. The van der Waals surface area contributed by atoms with Crippen LogP contribution in [0.4, 0.5) is 0 Å². The number of aromatic nitrogens is 1. The molecule has 8 nitrogen and oxygen atoms in total. The van der Waals surface area contributed by atoms with E-state index < -0.39 is 23.8 Å². The van der Waals surface area contributed by atoms with Gasteiger partial charge in [-0.25, -0.2) is 4.79 Å². The third-order valence-electron chi connectivity index (χ3n) is 4.55. The number of carbonyl (C=O) groups excluding carboxylic acids is 3. The average molecular weight is 403 g/mol. The third kappa shape index (κ3) is 4.77. The number of nitrogens with one attached hydrogen (secondary N) is 1. The maximum Gasteiger partial charge on any atom is 0.339 e. The number of hydrogen-bond donors (Lipinski definition) is 1. The molecule has 2 aromatic rings. The summed E-state index contributed by atoms with van der Waals surface area (Å²) in [6, 6.07) is 5.08. The zero-order valence-corrected chi connectivity index (χ0v) is 17.4. The lowest BCUT2D eigenvalue weighted by Crippen LogP contribution is -2.26. The molecular weight excluding hydrogens is 378 g/mol. The molecule has 0 aliphatic heterocycles. The molecule has 0 aliphatic rings. The average Bonchev–Trinajstić information content (AvgIpc) is 3.00. The lowest BCUT2D eigenvalue weighted by Gasteiger charge is -2.13. The van der Waals surface area contributed by atoms with E-state index in [0.29, 0.717) is 33.9 Å². The van der Waals surface area contributed by atoms with Gasteiger partial charge in [-0.1, -0.05) is 6.07 Å². The topological polar surface area (TPSA) is 104 Å². The maximum absolute atomic E-state index is 12.7. The first kappa shape index (κ1) is 22.0. The Bertz CT molecular complexity index is 929. The highest BCUT2D eigenvalue weighted by molar-refractivity contribution is 6.04. The van der Waals surface area contributed by atoms with Gasteiger partial charge in [0.05, 0.1) is 39.0 Å². The second kappa shape index (κ2) is 9.27. The monoisotopic (exact) mass is 403 g/mol. The van der Waals surface area contributed by atoms with E-state index >= 15 is 0 Å². The molecule has 0 saturated carbocycles. The Morgan fingerprint density at radius 3 is 2.28 bits per heavy atom. The Morgan fingerprint density at radius 2 is 1.69 bits per heavy atom. The Kier molecular flexibility index (Phi) is 7.03. The molecule has 1 aromatic carbocycles. The zero-order chi connectivity index (χ0) is 21.7. The molecule has 2 rings (SSSR count). The maximum atomic E-state index is 12.7. The predicted molar refractivity (Wildman–Crippen MR) is 105 cm³/mol. The molecule has 1 N–H and O–H groups in total. The van der Waals surface area contributed by atoms with E-state index in [0.717, 1.165) is 0 Å². The van der Waals surface area contributed by atoms with Crippen LogP contribution in [0.25, 0.3) is 0 Å². The highest BCUT2D eigenvalue weighted by atomic mass is 16.5. The number of aryl methyl sites for hydroxylation is 1. The van der Waals surface area contributed by atoms with Gasteiger partial charge in [0.2, 0.25) is 5.78 Å². The summed E-state index contributed by atoms with van der Waals surface area (Å²) in [6.07, 6.45) is -1.06. The van der Waals surface area contributed by atoms with Crippen molar-refractivity contribution in [3.63, 3.8) is 0 Å².